The molecule has 130 valence electrons. The Balaban J connectivity index is 1.94. The first-order valence-corrected chi connectivity index (χ1v) is 8.22. The van der Waals surface area contributed by atoms with Gasteiger partial charge in [0.05, 0.1) is 13.7 Å². The number of aliphatic hydroxyl groups excluding tert-OH is 1. The maximum Gasteiger partial charge on any atom is 0.270 e. The van der Waals surface area contributed by atoms with Crippen LogP contribution in [0.3, 0.4) is 0 Å². The summed E-state index contributed by atoms with van der Waals surface area (Å²) in [4.78, 5) is 14.7. The van der Waals surface area contributed by atoms with E-state index >= 15 is 0 Å². The van der Waals surface area contributed by atoms with E-state index in [1.165, 1.54) is 0 Å². The standard InChI is InChI=1S/C20H22N2O3/c1-21-17-9-5-3-7-15(17)13-18(21)20(24)22(11-12-23)14-16-8-4-6-10-19(16)25-2/h3-10,13,23H,11-12,14H2,1-2H3. The minimum absolute atomic E-state index is 0.0924. The number of para-hydroxylation sites is 2. The predicted octanol–water partition coefficient (Wildman–Crippen LogP) is 2.82. The average molecular weight is 338 g/mol. The Morgan fingerprint density at radius 3 is 2.60 bits per heavy atom. The molecule has 1 amide bonds. The molecule has 0 saturated carbocycles. The van der Waals surface area contributed by atoms with Crippen molar-refractivity contribution in [2.75, 3.05) is 20.3 Å². The Bertz CT molecular complexity index is 886. The van der Waals surface area contributed by atoms with Crippen LogP contribution in [0.25, 0.3) is 10.9 Å². The Kier molecular flexibility index (Phi) is 5.05. The van der Waals surface area contributed by atoms with Crippen LogP contribution in [0.4, 0.5) is 0 Å². The molecule has 3 aromatic rings. The van der Waals surface area contributed by atoms with Crippen LogP contribution in [-0.4, -0.2) is 40.7 Å². The number of aliphatic hydroxyl groups is 1. The number of ether oxygens (including phenoxy) is 1. The lowest BCUT2D eigenvalue weighted by Crippen LogP contribution is -2.34. The lowest BCUT2D eigenvalue weighted by Gasteiger charge is -2.23. The Hall–Kier alpha value is -2.79. The largest absolute Gasteiger partial charge is 0.496 e. The van der Waals surface area contributed by atoms with Crippen molar-refractivity contribution >= 4 is 16.8 Å². The van der Waals surface area contributed by atoms with Crippen LogP contribution in [0.1, 0.15) is 16.1 Å². The van der Waals surface area contributed by atoms with Crippen molar-refractivity contribution < 1.29 is 14.6 Å². The Labute approximate surface area is 147 Å². The summed E-state index contributed by atoms with van der Waals surface area (Å²) < 4.78 is 7.27. The number of aromatic nitrogens is 1. The Morgan fingerprint density at radius 2 is 1.88 bits per heavy atom. The van der Waals surface area contributed by atoms with E-state index in [-0.39, 0.29) is 19.1 Å². The zero-order valence-corrected chi connectivity index (χ0v) is 14.5. The van der Waals surface area contributed by atoms with E-state index in [0.29, 0.717) is 12.2 Å². The molecule has 0 bridgehead atoms. The maximum atomic E-state index is 13.1. The van der Waals surface area contributed by atoms with E-state index in [1.807, 2.05) is 66.2 Å². The number of hydrogen-bond donors (Lipinski definition) is 1. The lowest BCUT2D eigenvalue weighted by atomic mass is 10.1. The highest BCUT2D eigenvalue weighted by atomic mass is 16.5. The zero-order chi connectivity index (χ0) is 17.8. The van der Waals surface area contributed by atoms with Gasteiger partial charge >= 0.3 is 0 Å². The highest BCUT2D eigenvalue weighted by Crippen LogP contribution is 2.23. The van der Waals surface area contributed by atoms with Crippen molar-refractivity contribution in [1.29, 1.82) is 0 Å². The number of nitrogens with zero attached hydrogens (tertiary/aromatic N) is 2. The molecule has 2 aromatic carbocycles. The van der Waals surface area contributed by atoms with Crippen LogP contribution in [0.5, 0.6) is 5.75 Å². The minimum Gasteiger partial charge on any atom is -0.496 e. The molecule has 25 heavy (non-hydrogen) atoms. The summed E-state index contributed by atoms with van der Waals surface area (Å²) in [7, 11) is 3.50. The summed E-state index contributed by atoms with van der Waals surface area (Å²) in [6.45, 7) is 0.550. The molecule has 5 nitrogen and oxygen atoms in total. The molecule has 0 unspecified atom stereocenters. The average Bonchev–Trinajstić information content (AvgIpc) is 2.98. The molecule has 0 aliphatic carbocycles. The second-order valence-corrected chi connectivity index (χ2v) is 5.91. The van der Waals surface area contributed by atoms with Crippen molar-refractivity contribution in [1.82, 2.24) is 9.47 Å². The van der Waals surface area contributed by atoms with Crippen LogP contribution in [0.2, 0.25) is 0 Å². The summed E-state index contributed by atoms with van der Waals surface area (Å²) >= 11 is 0. The fourth-order valence-corrected chi connectivity index (χ4v) is 3.07. The van der Waals surface area contributed by atoms with Gasteiger partial charge in [0, 0.05) is 36.6 Å². The van der Waals surface area contributed by atoms with E-state index in [4.69, 9.17) is 4.74 Å². The monoisotopic (exact) mass is 338 g/mol. The van der Waals surface area contributed by atoms with Crippen LogP contribution >= 0.6 is 0 Å². The summed E-state index contributed by atoms with van der Waals surface area (Å²) in [6.07, 6.45) is 0. The number of benzene rings is 2. The number of rotatable bonds is 6. The lowest BCUT2D eigenvalue weighted by molar-refractivity contribution is 0.0697. The first kappa shape index (κ1) is 17.0. The molecule has 1 N–H and O–H groups in total. The van der Waals surface area contributed by atoms with Gasteiger partial charge in [-0.3, -0.25) is 4.79 Å². The molecule has 1 heterocycles. The third kappa shape index (κ3) is 3.37. The molecular weight excluding hydrogens is 316 g/mol. The fraction of sp³-hybridized carbons (Fsp3) is 0.250. The van der Waals surface area contributed by atoms with Crippen LogP contribution < -0.4 is 4.74 Å². The number of carbonyl (C=O) groups excluding carboxylic acids is 1. The molecule has 0 radical (unpaired) electrons. The van der Waals surface area contributed by atoms with Gasteiger partial charge in [-0.1, -0.05) is 36.4 Å². The summed E-state index contributed by atoms with van der Waals surface area (Å²) in [5.74, 6) is 0.619. The quantitative estimate of drug-likeness (QED) is 0.752. The first-order valence-electron chi connectivity index (χ1n) is 8.22. The molecule has 0 aliphatic rings. The SMILES string of the molecule is COc1ccccc1CN(CCO)C(=O)c1cc2ccccc2n1C. The molecule has 0 spiro atoms. The van der Waals surface area contributed by atoms with Gasteiger partial charge in [-0.15, -0.1) is 0 Å². The number of methoxy groups -OCH3 is 1. The van der Waals surface area contributed by atoms with Gasteiger partial charge < -0.3 is 19.3 Å². The van der Waals surface area contributed by atoms with Crippen LogP contribution in [-0.2, 0) is 13.6 Å². The third-order valence-corrected chi connectivity index (χ3v) is 4.38. The van der Waals surface area contributed by atoms with Crippen LogP contribution in [0.15, 0.2) is 54.6 Å². The highest BCUT2D eigenvalue weighted by molar-refractivity contribution is 5.98. The van der Waals surface area contributed by atoms with Crippen molar-refractivity contribution in [3.8, 4) is 5.75 Å². The van der Waals surface area contributed by atoms with Gasteiger partial charge in [-0.25, -0.2) is 0 Å². The molecule has 0 saturated heterocycles. The molecule has 1 aromatic heterocycles. The van der Waals surface area contributed by atoms with Gasteiger partial charge in [0.15, 0.2) is 0 Å². The number of carbonyl (C=O) groups is 1. The summed E-state index contributed by atoms with van der Waals surface area (Å²) in [5, 5.41) is 10.4. The summed E-state index contributed by atoms with van der Waals surface area (Å²) in [6, 6.07) is 17.4. The number of hydrogen-bond acceptors (Lipinski definition) is 3. The van der Waals surface area contributed by atoms with E-state index in [1.54, 1.807) is 12.0 Å². The van der Waals surface area contributed by atoms with Crippen molar-refractivity contribution in [3.05, 3.63) is 65.9 Å². The second-order valence-electron chi connectivity index (χ2n) is 5.91. The van der Waals surface area contributed by atoms with Gasteiger partial charge in [-0.05, 0) is 18.2 Å². The molecule has 0 fully saturated rings. The van der Waals surface area contributed by atoms with Crippen molar-refractivity contribution in [2.24, 2.45) is 7.05 Å². The molecular formula is C20H22N2O3. The number of fused-ring (bicyclic) bond motifs is 1. The number of amides is 1. The van der Waals surface area contributed by atoms with Crippen LogP contribution in [0, 0.1) is 0 Å². The molecule has 0 aliphatic heterocycles. The molecule has 0 atom stereocenters. The molecule has 5 heteroatoms. The minimum atomic E-state index is -0.112. The third-order valence-electron chi connectivity index (χ3n) is 4.38. The topological polar surface area (TPSA) is 54.7 Å². The molecule has 3 rings (SSSR count). The first-order chi connectivity index (χ1) is 12.2. The van der Waals surface area contributed by atoms with Gasteiger partial charge in [0.25, 0.3) is 5.91 Å². The normalized spacial score (nSPS) is 10.8. The zero-order valence-electron chi connectivity index (χ0n) is 14.5. The van der Waals surface area contributed by atoms with E-state index in [2.05, 4.69) is 0 Å². The van der Waals surface area contributed by atoms with Gasteiger partial charge in [0.2, 0.25) is 0 Å². The van der Waals surface area contributed by atoms with Gasteiger partial charge in [0.1, 0.15) is 11.4 Å². The Morgan fingerprint density at radius 1 is 1.16 bits per heavy atom. The van der Waals surface area contributed by atoms with E-state index < -0.39 is 0 Å². The van der Waals surface area contributed by atoms with Crippen molar-refractivity contribution in [3.63, 3.8) is 0 Å². The fourth-order valence-electron chi connectivity index (χ4n) is 3.07. The predicted molar refractivity (Wildman–Crippen MR) is 97.7 cm³/mol. The smallest absolute Gasteiger partial charge is 0.270 e. The van der Waals surface area contributed by atoms with E-state index in [0.717, 1.165) is 22.2 Å². The summed E-state index contributed by atoms with van der Waals surface area (Å²) in [5.41, 5.74) is 2.52. The maximum absolute atomic E-state index is 13.1. The number of aryl methyl sites for hydroxylation is 1. The highest BCUT2D eigenvalue weighted by Gasteiger charge is 2.21. The second kappa shape index (κ2) is 7.40. The van der Waals surface area contributed by atoms with E-state index in [9.17, 15) is 9.90 Å². The van der Waals surface area contributed by atoms with Crippen molar-refractivity contribution in [2.45, 2.75) is 6.54 Å². The van der Waals surface area contributed by atoms with Gasteiger partial charge in [-0.2, -0.15) is 0 Å².